The van der Waals surface area contributed by atoms with Gasteiger partial charge >= 0.3 is 5.97 Å². The summed E-state index contributed by atoms with van der Waals surface area (Å²) in [7, 11) is 0. The fourth-order valence-corrected chi connectivity index (χ4v) is 4.32. The van der Waals surface area contributed by atoms with Gasteiger partial charge in [0.2, 0.25) is 0 Å². The van der Waals surface area contributed by atoms with Crippen LogP contribution in [-0.2, 0) is 33.1 Å². The van der Waals surface area contributed by atoms with Crippen molar-refractivity contribution < 1.29 is 19.5 Å². The van der Waals surface area contributed by atoms with Crippen LogP contribution in [0.15, 0.2) is 40.3 Å². The van der Waals surface area contributed by atoms with E-state index in [4.69, 9.17) is 20.3 Å². The van der Waals surface area contributed by atoms with Gasteiger partial charge in [-0.15, -0.1) is 0 Å². The molecule has 0 saturated heterocycles. The molecule has 5 rings (SSSR count). The number of carbonyl (C=O) groups excluding carboxylic acids is 1. The van der Waals surface area contributed by atoms with E-state index in [0.29, 0.717) is 34.6 Å². The molecule has 1 unspecified atom stereocenters. The van der Waals surface area contributed by atoms with Gasteiger partial charge in [-0.3, -0.25) is 10.5 Å². The maximum Gasteiger partial charge on any atom is 0.343 e. The number of nitrogens with zero attached hydrogens (tertiary/aromatic N) is 3. The van der Waals surface area contributed by atoms with Crippen LogP contribution in [0.5, 0.6) is 0 Å². The van der Waals surface area contributed by atoms with Crippen molar-refractivity contribution >= 4 is 23.1 Å². The summed E-state index contributed by atoms with van der Waals surface area (Å²) >= 11 is 0. The minimum atomic E-state index is -1.85. The lowest BCUT2D eigenvalue weighted by molar-refractivity contribution is -0.172. The van der Waals surface area contributed by atoms with Gasteiger partial charge in [0, 0.05) is 22.1 Å². The lowest BCUT2D eigenvalue weighted by Crippen LogP contribution is -2.44. The van der Waals surface area contributed by atoms with Gasteiger partial charge < -0.3 is 19.2 Å². The van der Waals surface area contributed by atoms with Crippen molar-refractivity contribution in [3.05, 3.63) is 62.9 Å². The van der Waals surface area contributed by atoms with Gasteiger partial charge in [-0.25, -0.2) is 9.78 Å². The number of hydrogen-bond donors (Lipinski definition) is 2. The highest BCUT2D eigenvalue weighted by atomic mass is 16.6. The first kappa shape index (κ1) is 20.3. The third-order valence-corrected chi connectivity index (χ3v) is 5.99. The van der Waals surface area contributed by atoms with Crippen LogP contribution in [-0.4, -0.2) is 33.1 Å². The number of rotatable bonds is 4. The topological polar surface area (TPSA) is 129 Å². The number of hydrogen-bond acceptors (Lipinski definition) is 8. The van der Waals surface area contributed by atoms with Gasteiger partial charge in [-0.05, 0) is 25.5 Å². The van der Waals surface area contributed by atoms with Crippen LogP contribution in [0.1, 0.15) is 42.5 Å². The average Bonchev–Trinajstić information content (AvgIpc) is 3.13. The Morgan fingerprint density at radius 1 is 1.41 bits per heavy atom. The molecule has 1 aromatic carbocycles. The van der Waals surface area contributed by atoms with Crippen molar-refractivity contribution in [3.8, 4) is 11.4 Å². The second-order valence-corrected chi connectivity index (χ2v) is 8.06. The van der Waals surface area contributed by atoms with E-state index in [1.807, 2.05) is 24.3 Å². The van der Waals surface area contributed by atoms with Crippen LogP contribution in [0, 0.1) is 0 Å². The molecular formula is C23H22N4O5. The third-order valence-electron chi connectivity index (χ3n) is 5.99. The summed E-state index contributed by atoms with van der Waals surface area (Å²) < 4.78 is 6.72. The molecule has 0 saturated carbocycles. The fraction of sp³-hybridized carbons (Fsp3) is 0.304. The average molecular weight is 434 g/mol. The molecule has 0 radical (unpaired) electrons. The molecule has 0 spiro atoms. The van der Waals surface area contributed by atoms with E-state index >= 15 is 0 Å². The molecule has 3 N–H and O–H groups in total. The maximum absolute atomic E-state index is 13.2. The summed E-state index contributed by atoms with van der Waals surface area (Å²) in [5.41, 5.74) is 7.52. The number of carbonyl (C=O) groups is 1. The Bertz CT molecular complexity index is 1360. The second kappa shape index (κ2) is 7.25. The minimum absolute atomic E-state index is 0.0971. The lowest BCUT2D eigenvalue weighted by atomic mass is 9.86. The van der Waals surface area contributed by atoms with Crippen LogP contribution >= 0.6 is 0 Å². The van der Waals surface area contributed by atoms with Crippen molar-refractivity contribution in [1.29, 1.82) is 0 Å². The molecule has 4 heterocycles. The van der Waals surface area contributed by atoms with Crippen LogP contribution in [0.2, 0.25) is 0 Å². The Labute approximate surface area is 183 Å². The van der Waals surface area contributed by atoms with Crippen LogP contribution in [0.25, 0.3) is 22.3 Å². The predicted molar refractivity (Wildman–Crippen MR) is 117 cm³/mol. The van der Waals surface area contributed by atoms with E-state index in [1.54, 1.807) is 30.7 Å². The maximum atomic E-state index is 13.2. The monoisotopic (exact) mass is 434 g/mol. The molecule has 0 amide bonds. The number of para-hydroxylation sites is 1. The van der Waals surface area contributed by atoms with E-state index in [1.165, 1.54) is 0 Å². The zero-order valence-corrected chi connectivity index (χ0v) is 17.7. The van der Waals surface area contributed by atoms with Crippen molar-refractivity contribution in [1.82, 2.24) is 9.55 Å². The Morgan fingerprint density at radius 3 is 2.97 bits per heavy atom. The first-order valence-electron chi connectivity index (χ1n) is 10.4. The summed E-state index contributed by atoms with van der Waals surface area (Å²) in [6.45, 7) is 3.55. The number of ether oxygens (including phenoxy) is 1. The number of oxime groups is 1. The molecule has 3 aromatic rings. The lowest BCUT2D eigenvalue weighted by Gasteiger charge is -2.31. The van der Waals surface area contributed by atoms with Crippen molar-refractivity contribution in [2.24, 2.45) is 10.9 Å². The Hall–Kier alpha value is -3.56. The number of esters is 1. The molecule has 9 heteroatoms. The van der Waals surface area contributed by atoms with Gasteiger partial charge in [-0.1, -0.05) is 30.3 Å². The summed E-state index contributed by atoms with van der Waals surface area (Å²) in [6, 6.07) is 9.37. The number of nitrogens with two attached hydrogens (primary N) is 1. The zero-order chi connectivity index (χ0) is 22.6. The number of benzene rings is 1. The predicted octanol–water partition coefficient (Wildman–Crippen LogP) is 1.73. The van der Waals surface area contributed by atoms with Crippen molar-refractivity contribution in [3.63, 3.8) is 0 Å². The molecule has 32 heavy (non-hydrogen) atoms. The van der Waals surface area contributed by atoms with Crippen LogP contribution in [0.4, 0.5) is 0 Å². The van der Waals surface area contributed by atoms with Crippen LogP contribution < -0.4 is 11.3 Å². The van der Waals surface area contributed by atoms with Gasteiger partial charge in [0.15, 0.2) is 11.8 Å². The Kier molecular flexibility index (Phi) is 4.61. The molecule has 2 aliphatic heterocycles. The molecule has 0 aliphatic carbocycles. The third kappa shape index (κ3) is 2.93. The first-order valence-corrected chi connectivity index (χ1v) is 10.4. The van der Waals surface area contributed by atoms with E-state index in [0.717, 1.165) is 16.5 Å². The first-order chi connectivity index (χ1) is 15.3. The molecular weight excluding hydrogens is 412 g/mol. The Balaban J connectivity index is 1.70. The van der Waals surface area contributed by atoms with Gasteiger partial charge in [-0.2, -0.15) is 0 Å². The highest BCUT2D eigenvalue weighted by Gasteiger charge is 2.45. The summed E-state index contributed by atoms with van der Waals surface area (Å²) in [6.07, 6.45) is 1.11. The standard InChI is InChI=1S/C23H22N4O5/c1-3-23(30)17-8-18-20-15(10-27(18)21(28)16(17)11-31-22(23)29)7-13-5-4-6-14(19(13)26-20)9-25-32-12(2)24/h4-9,12,30H,3,10-11,24H2,1-2H3/b25-9+/t12?,23-/m0/s1. The summed E-state index contributed by atoms with van der Waals surface area (Å²) in [5.74, 6) is -0.742. The fourth-order valence-electron chi connectivity index (χ4n) is 4.32. The smallest absolute Gasteiger partial charge is 0.343 e. The molecule has 164 valence electrons. The molecule has 0 bridgehead atoms. The molecule has 9 nitrogen and oxygen atoms in total. The molecule has 2 aliphatic rings. The second-order valence-electron chi connectivity index (χ2n) is 8.06. The highest BCUT2D eigenvalue weighted by molar-refractivity contribution is 5.98. The summed E-state index contributed by atoms with van der Waals surface area (Å²) in [4.78, 5) is 35.4. The van der Waals surface area contributed by atoms with E-state index < -0.39 is 17.8 Å². The van der Waals surface area contributed by atoms with Crippen molar-refractivity contribution in [2.45, 2.75) is 45.2 Å². The van der Waals surface area contributed by atoms with E-state index in [2.05, 4.69) is 5.16 Å². The molecule has 2 aromatic heterocycles. The number of fused-ring (bicyclic) bond motifs is 5. The zero-order valence-electron chi connectivity index (χ0n) is 17.7. The number of pyridine rings is 2. The van der Waals surface area contributed by atoms with Crippen LogP contribution in [0.3, 0.4) is 0 Å². The van der Waals surface area contributed by atoms with Gasteiger partial charge in [0.25, 0.3) is 5.56 Å². The number of cyclic esters (lactones) is 1. The molecule has 2 atom stereocenters. The molecule has 0 fully saturated rings. The van der Waals surface area contributed by atoms with Gasteiger partial charge in [0.05, 0.1) is 35.2 Å². The highest BCUT2D eigenvalue weighted by Crippen LogP contribution is 2.38. The number of aliphatic hydroxyl groups is 1. The van der Waals surface area contributed by atoms with Gasteiger partial charge in [0.1, 0.15) is 6.61 Å². The van der Waals surface area contributed by atoms with E-state index in [9.17, 15) is 14.7 Å². The van der Waals surface area contributed by atoms with E-state index in [-0.39, 0.29) is 18.6 Å². The minimum Gasteiger partial charge on any atom is -0.458 e. The Morgan fingerprint density at radius 2 is 2.22 bits per heavy atom. The summed E-state index contributed by atoms with van der Waals surface area (Å²) in [5, 5.41) is 15.8. The largest absolute Gasteiger partial charge is 0.458 e. The normalized spacial score (nSPS) is 20.1. The number of aromatic nitrogens is 2. The quantitative estimate of drug-likeness (QED) is 0.217. The SMILES string of the molecule is CC[C@@]1(O)C(=O)OCc2c1cc1n(c2=O)Cc2cc3cccc(/C=N/OC(C)N)c3nc2-1. The van der Waals surface area contributed by atoms with Crippen molar-refractivity contribution in [2.75, 3.05) is 0 Å².